The third kappa shape index (κ3) is 6.03. The van der Waals surface area contributed by atoms with E-state index in [2.05, 4.69) is 10.3 Å². The van der Waals surface area contributed by atoms with E-state index in [1.165, 1.54) is 0 Å². The van der Waals surface area contributed by atoms with Gasteiger partial charge >= 0.3 is 6.09 Å². The van der Waals surface area contributed by atoms with Crippen molar-refractivity contribution < 1.29 is 9.53 Å². The van der Waals surface area contributed by atoms with Gasteiger partial charge < -0.3 is 15.0 Å². The Hall–Kier alpha value is -1.06. The molecule has 18 heavy (non-hydrogen) atoms. The first-order valence-electron chi connectivity index (χ1n) is 6.81. The van der Waals surface area contributed by atoms with E-state index in [0.29, 0.717) is 0 Å². The van der Waals surface area contributed by atoms with Gasteiger partial charge in [-0.2, -0.15) is 0 Å². The highest BCUT2D eigenvalue weighted by atomic mass is 16.6. The summed E-state index contributed by atoms with van der Waals surface area (Å²) in [6.07, 6.45) is 7.17. The lowest BCUT2D eigenvalue weighted by molar-refractivity contribution is 0.0488. The van der Waals surface area contributed by atoms with E-state index >= 15 is 0 Å². The molecule has 0 aromatic heterocycles. The van der Waals surface area contributed by atoms with Crippen LogP contribution in [-0.2, 0) is 4.74 Å². The van der Waals surface area contributed by atoms with Crippen LogP contribution in [0.5, 0.6) is 0 Å². The van der Waals surface area contributed by atoms with Gasteiger partial charge in [0.05, 0.1) is 0 Å². The summed E-state index contributed by atoms with van der Waals surface area (Å²) in [5.41, 5.74) is -0.418. The van der Waals surface area contributed by atoms with E-state index in [1.807, 2.05) is 34.0 Å². The SMILES string of the molecule is C/N=C\C[C@H]1CC[C@H](NC(=O)OC(C)(C)C)CC1. The van der Waals surface area contributed by atoms with Gasteiger partial charge in [-0.15, -0.1) is 0 Å². The Bertz CT molecular complexity index is 287. The Morgan fingerprint density at radius 3 is 2.44 bits per heavy atom. The van der Waals surface area contributed by atoms with Crippen molar-refractivity contribution in [3.63, 3.8) is 0 Å². The molecule has 104 valence electrons. The van der Waals surface area contributed by atoms with Crippen molar-refractivity contribution in [1.29, 1.82) is 0 Å². The van der Waals surface area contributed by atoms with Gasteiger partial charge in [0.1, 0.15) is 5.60 Å². The number of carbonyl (C=O) groups is 1. The number of nitrogens with one attached hydrogen (secondary N) is 1. The summed E-state index contributed by atoms with van der Waals surface area (Å²) in [4.78, 5) is 15.6. The molecule has 0 radical (unpaired) electrons. The minimum Gasteiger partial charge on any atom is -0.444 e. The van der Waals surface area contributed by atoms with Crippen LogP contribution in [0.25, 0.3) is 0 Å². The van der Waals surface area contributed by atoms with Crippen LogP contribution in [0.1, 0.15) is 52.9 Å². The summed E-state index contributed by atoms with van der Waals surface area (Å²) in [6.45, 7) is 5.65. The van der Waals surface area contributed by atoms with Crippen molar-refractivity contribution in [2.24, 2.45) is 10.9 Å². The lowest BCUT2D eigenvalue weighted by atomic mass is 9.84. The predicted molar refractivity (Wildman–Crippen MR) is 74.1 cm³/mol. The Kier molecular flexibility index (Phi) is 5.63. The van der Waals surface area contributed by atoms with E-state index < -0.39 is 5.60 Å². The molecule has 4 nitrogen and oxygen atoms in total. The first-order chi connectivity index (χ1) is 8.40. The molecule has 1 N–H and O–H groups in total. The van der Waals surface area contributed by atoms with Crippen molar-refractivity contribution in [1.82, 2.24) is 5.32 Å². The van der Waals surface area contributed by atoms with E-state index in [4.69, 9.17) is 4.74 Å². The molecule has 0 saturated heterocycles. The van der Waals surface area contributed by atoms with Gasteiger partial charge in [0.25, 0.3) is 0 Å². The number of amides is 1. The number of nitrogens with zero attached hydrogens (tertiary/aromatic N) is 1. The third-order valence-corrected chi connectivity index (χ3v) is 3.19. The standard InChI is InChI=1S/C14H26N2O2/c1-14(2,3)18-13(17)16-12-7-5-11(6-8-12)9-10-15-4/h10-12H,5-9H2,1-4H3,(H,16,17)/b15-10-/t11-,12-. The second-order valence-electron chi connectivity index (χ2n) is 6.04. The quantitative estimate of drug-likeness (QED) is 0.786. The van der Waals surface area contributed by atoms with Crippen molar-refractivity contribution in [3.8, 4) is 0 Å². The number of ether oxygens (including phenoxy) is 1. The lowest BCUT2D eigenvalue weighted by Crippen LogP contribution is -2.40. The molecule has 1 amide bonds. The zero-order chi connectivity index (χ0) is 13.6. The molecule has 1 aliphatic rings. The van der Waals surface area contributed by atoms with E-state index in [-0.39, 0.29) is 12.1 Å². The first kappa shape index (κ1) is 15.0. The van der Waals surface area contributed by atoms with Crippen LogP contribution in [0.15, 0.2) is 4.99 Å². The second kappa shape index (κ2) is 6.76. The molecule has 4 heteroatoms. The van der Waals surface area contributed by atoms with E-state index in [0.717, 1.165) is 38.0 Å². The number of carbonyl (C=O) groups excluding carboxylic acids is 1. The average molecular weight is 254 g/mol. The fraction of sp³-hybridized carbons (Fsp3) is 0.857. The molecule has 0 aliphatic heterocycles. The zero-order valence-corrected chi connectivity index (χ0v) is 12.0. The minimum atomic E-state index is -0.418. The summed E-state index contributed by atoms with van der Waals surface area (Å²) in [7, 11) is 1.82. The summed E-state index contributed by atoms with van der Waals surface area (Å²) in [5.74, 6) is 0.727. The van der Waals surface area contributed by atoms with Crippen molar-refractivity contribution in [2.45, 2.75) is 64.5 Å². The molecule has 0 aromatic rings. The fourth-order valence-corrected chi connectivity index (χ4v) is 2.27. The van der Waals surface area contributed by atoms with Gasteiger partial charge in [-0.3, -0.25) is 0 Å². The topological polar surface area (TPSA) is 50.7 Å². The molecular formula is C14H26N2O2. The monoisotopic (exact) mass is 254 g/mol. The molecule has 1 rings (SSSR count). The molecule has 0 aromatic carbocycles. The number of rotatable bonds is 3. The van der Waals surface area contributed by atoms with Crippen molar-refractivity contribution >= 4 is 12.3 Å². The fourth-order valence-electron chi connectivity index (χ4n) is 2.27. The Morgan fingerprint density at radius 1 is 1.33 bits per heavy atom. The number of hydrogen-bond acceptors (Lipinski definition) is 3. The van der Waals surface area contributed by atoms with Gasteiger partial charge in [0.15, 0.2) is 0 Å². The van der Waals surface area contributed by atoms with Gasteiger partial charge in [-0.05, 0) is 65.0 Å². The lowest BCUT2D eigenvalue weighted by Gasteiger charge is -2.29. The summed E-state index contributed by atoms with van der Waals surface area (Å²) in [6, 6.07) is 0.273. The van der Waals surface area contributed by atoms with Crippen LogP contribution in [-0.4, -0.2) is 31.0 Å². The van der Waals surface area contributed by atoms with Crippen LogP contribution >= 0.6 is 0 Å². The molecule has 0 spiro atoms. The van der Waals surface area contributed by atoms with Crippen molar-refractivity contribution in [2.75, 3.05) is 7.05 Å². The Morgan fingerprint density at radius 2 is 1.94 bits per heavy atom. The molecule has 0 bridgehead atoms. The van der Waals surface area contributed by atoms with Crippen LogP contribution < -0.4 is 5.32 Å². The van der Waals surface area contributed by atoms with Crippen molar-refractivity contribution in [3.05, 3.63) is 0 Å². The highest BCUT2D eigenvalue weighted by Crippen LogP contribution is 2.26. The normalized spacial score (nSPS) is 25.1. The third-order valence-electron chi connectivity index (χ3n) is 3.19. The largest absolute Gasteiger partial charge is 0.444 e. The average Bonchev–Trinajstić information content (AvgIpc) is 2.25. The smallest absolute Gasteiger partial charge is 0.407 e. The number of alkyl carbamates (subject to hydrolysis) is 1. The maximum Gasteiger partial charge on any atom is 0.407 e. The van der Waals surface area contributed by atoms with Gasteiger partial charge in [0.2, 0.25) is 0 Å². The Labute approximate surface area is 110 Å². The summed E-state index contributed by atoms with van der Waals surface area (Å²) in [5, 5.41) is 2.96. The van der Waals surface area contributed by atoms with Crippen LogP contribution in [0.4, 0.5) is 4.79 Å². The molecule has 0 unspecified atom stereocenters. The highest BCUT2D eigenvalue weighted by Gasteiger charge is 2.24. The van der Waals surface area contributed by atoms with E-state index in [1.54, 1.807) is 0 Å². The molecule has 0 atom stereocenters. The zero-order valence-electron chi connectivity index (χ0n) is 12.0. The molecule has 1 aliphatic carbocycles. The second-order valence-corrected chi connectivity index (χ2v) is 6.04. The number of hydrogen-bond donors (Lipinski definition) is 1. The molecule has 1 saturated carbocycles. The maximum absolute atomic E-state index is 11.6. The van der Waals surface area contributed by atoms with Gasteiger partial charge in [-0.1, -0.05) is 0 Å². The number of aliphatic imine (C=N–C) groups is 1. The highest BCUT2D eigenvalue weighted by molar-refractivity contribution is 5.68. The summed E-state index contributed by atoms with van der Waals surface area (Å²) < 4.78 is 5.26. The van der Waals surface area contributed by atoms with Gasteiger partial charge in [-0.25, -0.2) is 4.79 Å². The molecule has 0 heterocycles. The predicted octanol–water partition coefficient (Wildman–Crippen LogP) is 3.16. The maximum atomic E-state index is 11.6. The van der Waals surface area contributed by atoms with Crippen LogP contribution in [0.2, 0.25) is 0 Å². The molecule has 1 fully saturated rings. The van der Waals surface area contributed by atoms with Crippen LogP contribution in [0, 0.1) is 5.92 Å². The first-order valence-corrected chi connectivity index (χ1v) is 6.81. The van der Waals surface area contributed by atoms with Crippen LogP contribution in [0.3, 0.4) is 0 Å². The summed E-state index contributed by atoms with van der Waals surface area (Å²) >= 11 is 0. The minimum absolute atomic E-state index is 0.273. The Balaban J connectivity index is 2.25. The molecular weight excluding hydrogens is 228 g/mol. The van der Waals surface area contributed by atoms with Gasteiger partial charge in [0, 0.05) is 13.1 Å². The van der Waals surface area contributed by atoms with E-state index in [9.17, 15) is 4.79 Å².